The normalized spacial score (nSPS) is 16.0. The highest BCUT2D eigenvalue weighted by Gasteiger charge is 2.29. The van der Waals surface area contributed by atoms with E-state index in [-0.39, 0.29) is 17.3 Å². The van der Waals surface area contributed by atoms with Gasteiger partial charge in [-0.3, -0.25) is 4.79 Å². The molecular weight excluding hydrogens is 391 g/mol. The standard InChI is InChI=1S/C22H21FN2O3S/c23-18-9-11-19(12-10-18)29(27,28)25-14-4-13-24(15-16-25)22(26)21-8-3-6-17-5-1-2-7-20(17)21/h1-3,5-12H,4,13-16H2. The third-order valence-corrected chi connectivity index (χ3v) is 7.13. The smallest absolute Gasteiger partial charge is 0.254 e. The summed E-state index contributed by atoms with van der Waals surface area (Å²) in [6.45, 7) is 1.31. The van der Waals surface area contributed by atoms with Crippen LogP contribution in [-0.4, -0.2) is 49.7 Å². The molecule has 0 N–H and O–H groups in total. The lowest BCUT2D eigenvalue weighted by Gasteiger charge is -2.22. The van der Waals surface area contributed by atoms with Crippen molar-refractivity contribution >= 4 is 26.7 Å². The molecule has 1 fully saturated rings. The number of carbonyl (C=O) groups excluding carboxylic acids is 1. The highest BCUT2D eigenvalue weighted by atomic mass is 32.2. The summed E-state index contributed by atoms with van der Waals surface area (Å²) in [4.78, 5) is 14.9. The van der Waals surface area contributed by atoms with Crippen molar-refractivity contribution in [1.29, 1.82) is 0 Å². The summed E-state index contributed by atoms with van der Waals surface area (Å²) >= 11 is 0. The molecule has 5 nitrogen and oxygen atoms in total. The maximum Gasteiger partial charge on any atom is 0.254 e. The molecule has 1 aliphatic heterocycles. The van der Waals surface area contributed by atoms with Crippen LogP contribution in [0.15, 0.2) is 71.6 Å². The van der Waals surface area contributed by atoms with E-state index in [1.54, 1.807) is 4.90 Å². The van der Waals surface area contributed by atoms with Crippen molar-refractivity contribution in [3.63, 3.8) is 0 Å². The van der Waals surface area contributed by atoms with Gasteiger partial charge in [-0.25, -0.2) is 12.8 Å². The quantitative estimate of drug-likeness (QED) is 0.662. The maximum atomic E-state index is 13.1. The monoisotopic (exact) mass is 412 g/mol. The number of carbonyl (C=O) groups is 1. The van der Waals surface area contributed by atoms with Gasteiger partial charge < -0.3 is 4.90 Å². The minimum atomic E-state index is -3.72. The lowest BCUT2D eigenvalue weighted by molar-refractivity contribution is 0.0766. The van der Waals surface area contributed by atoms with Crippen LogP contribution in [0.1, 0.15) is 16.8 Å². The lowest BCUT2D eigenvalue weighted by atomic mass is 10.0. The van der Waals surface area contributed by atoms with Gasteiger partial charge in [0, 0.05) is 31.7 Å². The average molecular weight is 412 g/mol. The Bertz CT molecular complexity index is 1140. The van der Waals surface area contributed by atoms with Crippen LogP contribution in [0, 0.1) is 5.82 Å². The van der Waals surface area contributed by atoms with Gasteiger partial charge in [0.25, 0.3) is 5.91 Å². The van der Waals surface area contributed by atoms with Crippen molar-refractivity contribution in [1.82, 2.24) is 9.21 Å². The Morgan fingerprint density at radius 3 is 2.34 bits per heavy atom. The number of hydrogen-bond acceptors (Lipinski definition) is 3. The molecule has 0 aromatic heterocycles. The molecule has 0 saturated carbocycles. The predicted molar refractivity (Wildman–Crippen MR) is 110 cm³/mol. The summed E-state index contributed by atoms with van der Waals surface area (Å²) in [5.74, 6) is -0.575. The van der Waals surface area contributed by atoms with E-state index < -0.39 is 15.8 Å². The van der Waals surface area contributed by atoms with Crippen LogP contribution in [-0.2, 0) is 10.0 Å². The molecule has 0 unspecified atom stereocenters. The Kier molecular flexibility index (Phi) is 5.34. The van der Waals surface area contributed by atoms with Gasteiger partial charge in [0.1, 0.15) is 5.82 Å². The van der Waals surface area contributed by atoms with E-state index >= 15 is 0 Å². The summed E-state index contributed by atoms with van der Waals surface area (Å²) in [5.41, 5.74) is 0.623. The Morgan fingerprint density at radius 2 is 1.55 bits per heavy atom. The van der Waals surface area contributed by atoms with Crippen molar-refractivity contribution in [3.8, 4) is 0 Å². The second kappa shape index (κ2) is 7.93. The topological polar surface area (TPSA) is 57.7 Å². The first-order valence-corrected chi connectivity index (χ1v) is 10.9. The van der Waals surface area contributed by atoms with E-state index in [2.05, 4.69) is 0 Å². The number of amides is 1. The molecule has 0 radical (unpaired) electrons. The molecule has 0 aliphatic carbocycles. The molecule has 1 amide bonds. The van der Waals surface area contributed by atoms with E-state index in [4.69, 9.17) is 0 Å². The number of hydrogen-bond donors (Lipinski definition) is 0. The number of fused-ring (bicyclic) bond motifs is 1. The van der Waals surface area contributed by atoms with Gasteiger partial charge in [0.2, 0.25) is 10.0 Å². The first-order valence-electron chi connectivity index (χ1n) is 9.49. The number of sulfonamides is 1. The Hall–Kier alpha value is -2.77. The third kappa shape index (κ3) is 3.88. The van der Waals surface area contributed by atoms with E-state index in [1.165, 1.54) is 16.4 Å². The number of halogens is 1. The summed E-state index contributed by atoms with van der Waals surface area (Å²) < 4.78 is 40.3. The van der Waals surface area contributed by atoms with Crippen LogP contribution in [0.2, 0.25) is 0 Å². The van der Waals surface area contributed by atoms with Crippen LogP contribution in [0.25, 0.3) is 10.8 Å². The highest BCUT2D eigenvalue weighted by molar-refractivity contribution is 7.89. The van der Waals surface area contributed by atoms with Gasteiger partial charge in [-0.15, -0.1) is 0 Å². The summed E-state index contributed by atoms with van der Waals surface area (Å²) in [5, 5.41) is 1.88. The van der Waals surface area contributed by atoms with Gasteiger partial charge in [-0.05, 0) is 47.5 Å². The second-order valence-corrected chi connectivity index (χ2v) is 8.97. The fraction of sp³-hybridized carbons (Fsp3) is 0.227. The molecule has 29 heavy (non-hydrogen) atoms. The summed E-state index contributed by atoms with van der Waals surface area (Å²) in [6, 6.07) is 18.2. The lowest BCUT2D eigenvalue weighted by Crippen LogP contribution is -2.37. The molecule has 1 heterocycles. The van der Waals surface area contributed by atoms with E-state index in [9.17, 15) is 17.6 Å². The zero-order chi connectivity index (χ0) is 20.4. The van der Waals surface area contributed by atoms with Gasteiger partial charge in [0.05, 0.1) is 4.90 Å². The van der Waals surface area contributed by atoms with Crippen molar-refractivity contribution in [2.45, 2.75) is 11.3 Å². The number of benzene rings is 3. The summed E-state index contributed by atoms with van der Waals surface area (Å²) in [7, 11) is -3.72. The minimum absolute atomic E-state index is 0.0627. The molecular formula is C22H21FN2O3S. The molecule has 0 spiro atoms. The molecule has 0 bridgehead atoms. The van der Waals surface area contributed by atoms with Crippen molar-refractivity contribution in [2.24, 2.45) is 0 Å². The summed E-state index contributed by atoms with van der Waals surface area (Å²) in [6.07, 6.45) is 0.539. The van der Waals surface area contributed by atoms with E-state index in [0.29, 0.717) is 31.6 Å². The first kappa shape index (κ1) is 19.5. The predicted octanol–water partition coefficient (Wildman–Crippen LogP) is 3.52. The molecule has 7 heteroatoms. The van der Waals surface area contributed by atoms with Crippen LogP contribution in [0.4, 0.5) is 4.39 Å². The van der Waals surface area contributed by atoms with Crippen LogP contribution in [0.3, 0.4) is 0 Å². The van der Waals surface area contributed by atoms with Gasteiger partial charge in [0.15, 0.2) is 0 Å². The van der Waals surface area contributed by atoms with Crippen LogP contribution < -0.4 is 0 Å². The second-order valence-electron chi connectivity index (χ2n) is 7.03. The van der Waals surface area contributed by atoms with Gasteiger partial charge >= 0.3 is 0 Å². The Labute approximate surface area is 169 Å². The number of rotatable bonds is 3. The molecule has 3 aromatic carbocycles. The molecule has 1 saturated heterocycles. The van der Waals surface area contributed by atoms with Crippen molar-refractivity contribution in [3.05, 3.63) is 78.1 Å². The average Bonchev–Trinajstić information content (AvgIpc) is 3.00. The molecule has 150 valence electrons. The van der Waals surface area contributed by atoms with Crippen molar-refractivity contribution in [2.75, 3.05) is 26.2 Å². The Morgan fingerprint density at radius 1 is 0.828 bits per heavy atom. The van der Waals surface area contributed by atoms with Crippen LogP contribution in [0.5, 0.6) is 0 Å². The van der Waals surface area contributed by atoms with Gasteiger partial charge in [-0.1, -0.05) is 36.4 Å². The molecule has 1 aliphatic rings. The zero-order valence-electron chi connectivity index (χ0n) is 15.8. The minimum Gasteiger partial charge on any atom is -0.337 e. The van der Waals surface area contributed by atoms with E-state index in [0.717, 1.165) is 22.9 Å². The Balaban J connectivity index is 1.54. The van der Waals surface area contributed by atoms with Crippen molar-refractivity contribution < 1.29 is 17.6 Å². The third-order valence-electron chi connectivity index (χ3n) is 5.21. The van der Waals surface area contributed by atoms with E-state index in [1.807, 2.05) is 42.5 Å². The SMILES string of the molecule is O=C(c1cccc2ccccc12)N1CCCN(S(=O)(=O)c2ccc(F)cc2)CC1. The zero-order valence-corrected chi connectivity index (χ0v) is 16.6. The van der Waals surface area contributed by atoms with Crippen LogP contribution >= 0.6 is 0 Å². The highest BCUT2D eigenvalue weighted by Crippen LogP contribution is 2.22. The molecule has 4 rings (SSSR count). The largest absolute Gasteiger partial charge is 0.337 e. The molecule has 0 atom stereocenters. The van der Waals surface area contributed by atoms with Gasteiger partial charge in [-0.2, -0.15) is 4.31 Å². The fourth-order valence-corrected chi connectivity index (χ4v) is 5.14. The first-order chi connectivity index (χ1) is 14.0. The molecule has 3 aromatic rings. The number of nitrogens with zero attached hydrogens (tertiary/aromatic N) is 2. The maximum absolute atomic E-state index is 13.1. The fourth-order valence-electron chi connectivity index (χ4n) is 3.68.